The SMILES string of the molecule is CC(C)C(NC(=O)C(C)(C)Br)c1ccc(Cl)cc1. The molecule has 0 spiro atoms. The van der Waals surface area contributed by atoms with E-state index in [0.29, 0.717) is 10.9 Å². The van der Waals surface area contributed by atoms with Crippen molar-refractivity contribution < 1.29 is 4.79 Å². The van der Waals surface area contributed by atoms with E-state index in [2.05, 4.69) is 35.1 Å². The summed E-state index contributed by atoms with van der Waals surface area (Å²) in [6.45, 7) is 7.84. The van der Waals surface area contributed by atoms with Gasteiger partial charge in [0.25, 0.3) is 0 Å². The van der Waals surface area contributed by atoms with E-state index in [1.54, 1.807) is 0 Å². The van der Waals surface area contributed by atoms with Gasteiger partial charge >= 0.3 is 0 Å². The fraction of sp³-hybridized carbons (Fsp3) is 0.500. The molecule has 1 aromatic rings. The first-order chi connectivity index (χ1) is 8.21. The van der Waals surface area contributed by atoms with Crippen LogP contribution < -0.4 is 5.32 Å². The predicted octanol–water partition coefficient (Wildman–Crippen LogP) is 4.33. The van der Waals surface area contributed by atoms with E-state index < -0.39 is 4.32 Å². The first kappa shape index (κ1) is 15.5. The Hall–Kier alpha value is -0.540. The second-order valence-electron chi connectivity index (χ2n) is 5.22. The van der Waals surface area contributed by atoms with Crippen molar-refractivity contribution in [1.29, 1.82) is 0 Å². The summed E-state index contributed by atoms with van der Waals surface area (Å²) in [6, 6.07) is 7.59. The summed E-state index contributed by atoms with van der Waals surface area (Å²) in [7, 11) is 0. The number of carbonyl (C=O) groups excluding carboxylic acids is 1. The molecule has 0 heterocycles. The van der Waals surface area contributed by atoms with E-state index in [9.17, 15) is 4.79 Å². The third-order valence-corrected chi connectivity index (χ3v) is 3.33. The number of benzene rings is 1. The van der Waals surface area contributed by atoms with Crippen LogP contribution in [-0.4, -0.2) is 10.2 Å². The average Bonchev–Trinajstić information content (AvgIpc) is 2.25. The maximum absolute atomic E-state index is 12.0. The molecular formula is C14H19BrClNO. The average molecular weight is 333 g/mol. The normalized spacial score (nSPS) is 13.5. The minimum atomic E-state index is -0.563. The molecule has 18 heavy (non-hydrogen) atoms. The minimum Gasteiger partial charge on any atom is -0.348 e. The van der Waals surface area contributed by atoms with Gasteiger partial charge < -0.3 is 5.32 Å². The third-order valence-electron chi connectivity index (χ3n) is 2.72. The largest absolute Gasteiger partial charge is 0.348 e. The van der Waals surface area contributed by atoms with Crippen LogP contribution in [0, 0.1) is 5.92 Å². The molecule has 1 atom stereocenters. The summed E-state index contributed by atoms with van der Waals surface area (Å²) in [5.41, 5.74) is 1.07. The van der Waals surface area contributed by atoms with E-state index in [4.69, 9.17) is 11.6 Å². The smallest absolute Gasteiger partial charge is 0.236 e. The summed E-state index contributed by atoms with van der Waals surface area (Å²) in [5, 5.41) is 3.77. The second kappa shape index (κ2) is 6.07. The van der Waals surface area contributed by atoms with E-state index in [1.165, 1.54) is 0 Å². The Morgan fingerprint density at radius 1 is 1.28 bits per heavy atom. The van der Waals surface area contributed by atoms with Gasteiger partial charge in [0.1, 0.15) is 0 Å². The third kappa shape index (κ3) is 4.29. The molecule has 0 aromatic heterocycles. The number of hydrogen-bond acceptors (Lipinski definition) is 1. The van der Waals surface area contributed by atoms with Crippen LogP contribution in [0.2, 0.25) is 5.02 Å². The molecule has 1 amide bonds. The Morgan fingerprint density at radius 3 is 2.17 bits per heavy atom. The lowest BCUT2D eigenvalue weighted by atomic mass is 9.95. The molecule has 1 N–H and O–H groups in total. The molecule has 1 unspecified atom stereocenters. The van der Waals surface area contributed by atoms with Crippen LogP contribution >= 0.6 is 27.5 Å². The zero-order valence-electron chi connectivity index (χ0n) is 11.1. The molecule has 0 bridgehead atoms. The Labute approximate surface area is 122 Å². The summed E-state index contributed by atoms with van der Waals surface area (Å²) >= 11 is 9.25. The summed E-state index contributed by atoms with van der Waals surface area (Å²) in [6.07, 6.45) is 0. The quantitative estimate of drug-likeness (QED) is 0.817. The lowest BCUT2D eigenvalue weighted by Gasteiger charge is -2.26. The second-order valence-corrected chi connectivity index (χ2v) is 7.64. The molecule has 0 fully saturated rings. The molecule has 4 heteroatoms. The minimum absolute atomic E-state index is 0.00779. The summed E-state index contributed by atoms with van der Waals surface area (Å²) < 4.78 is -0.563. The lowest BCUT2D eigenvalue weighted by molar-refractivity contribution is -0.123. The Kier molecular flexibility index (Phi) is 5.23. The zero-order valence-corrected chi connectivity index (χ0v) is 13.5. The fourth-order valence-corrected chi connectivity index (χ4v) is 1.86. The van der Waals surface area contributed by atoms with Gasteiger partial charge in [-0.3, -0.25) is 4.79 Å². The standard InChI is InChI=1S/C14H19BrClNO/c1-9(2)12(17-13(18)14(3,4)15)10-5-7-11(16)8-6-10/h5-9,12H,1-4H3,(H,17,18). The highest BCUT2D eigenvalue weighted by atomic mass is 79.9. The van der Waals surface area contributed by atoms with Crippen LogP contribution in [0.3, 0.4) is 0 Å². The molecule has 0 saturated heterocycles. The molecule has 0 saturated carbocycles. The topological polar surface area (TPSA) is 29.1 Å². The van der Waals surface area contributed by atoms with Gasteiger partial charge in [-0.25, -0.2) is 0 Å². The van der Waals surface area contributed by atoms with E-state index in [1.807, 2.05) is 38.1 Å². The van der Waals surface area contributed by atoms with Gasteiger partial charge in [0.15, 0.2) is 0 Å². The summed E-state index contributed by atoms with van der Waals surface area (Å²) in [5.74, 6) is 0.293. The summed E-state index contributed by atoms with van der Waals surface area (Å²) in [4.78, 5) is 12.0. The number of amides is 1. The number of nitrogens with one attached hydrogen (secondary N) is 1. The van der Waals surface area contributed by atoms with Crippen LogP contribution in [0.5, 0.6) is 0 Å². The predicted molar refractivity (Wildman–Crippen MR) is 80.2 cm³/mol. The van der Waals surface area contributed by atoms with Crippen molar-refractivity contribution in [2.24, 2.45) is 5.92 Å². The van der Waals surface area contributed by atoms with Crippen molar-refractivity contribution in [2.45, 2.75) is 38.1 Å². The Bertz CT molecular complexity index is 409. The number of hydrogen-bond donors (Lipinski definition) is 1. The van der Waals surface area contributed by atoms with Gasteiger partial charge in [0.2, 0.25) is 5.91 Å². The molecule has 1 aromatic carbocycles. The number of carbonyl (C=O) groups is 1. The van der Waals surface area contributed by atoms with Crippen LogP contribution in [-0.2, 0) is 4.79 Å². The van der Waals surface area contributed by atoms with E-state index in [0.717, 1.165) is 5.56 Å². The number of alkyl halides is 1. The van der Waals surface area contributed by atoms with Gasteiger partial charge in [0.05, 0.1) is 10.4 Å². The van der Waals surface area contributed by atoms with Gasteiger partial charge in [-0.15, -0.1) is 0 Å². The monoisotopic (exact) mass is 331 g/mol. The molecular weight excluding hydrogens is 314 g/mol. The molecule has 1 rings (SSSR count). The van der Waals surface area contributed by atoms with Crippen LogP contribution in [0.4, 0.5) is 0 Å². The van der Waals surface area contributed by atoms with Crippen molar-refractivity contribution in [3.63, 3.8) is 0 Å². The Balaban J connectivity index is 2.91. The van der Waals surface area contributed by atoms with E-state index >= 15 is 0 Å². The van der Waals surface area contributed by atoms with Crippen molar-refractivity contribution in [2.75, 3.05) is 0 Å². The molecule has 100 valence electrons. The molecule has 0 radical (unpaired) electrons. The first-order valence-electron chi connectivity index (χ1n) is 5.97. The van der Waals surface area contributed by atoms with Crippen molar-refractivity contribution in [3.8, 4) is 0 Å². The molecule has 0 aliphatic heterocycles. The van der Waals surface area contributed by atoms with Gasteiger partial charge in [-0.1, -0.05) is 53.5 Å². The highest BCUT2D eigenvalue weighted by Gasteiger charge is 2.27. The maximum Gasteiger partial charge on any atom is 0.236 e. The van der Waals surface area contributed by atoms with Gasteiger partial charge in [-0.2, -0.15) is 0 Å². The number of halogens is 2. The van der Waals surface area contributed by atoms with Gasteiger partial charge in [-0.05, 0) is 37.5 Å². The zero-order chi connectivity index (χ0) is 13.9. The van der Waals surface area contributed by atoms with E-state index in [-0.39, 0.29) is 11.9 Å². The van der Waals surface area contributed by atoms with Crippen LogP contribution in [0.15, 0.2) is 24.3 Å². The van der Waals surface area contributed by atoms with Gasteiger partial charge in [0, 0.05) is 5.02 Å². The number of rotatable bonds is 4. The highest BCUT2D eigenvalue weighted by molar-refractivity contribution is 9.10. The van der Waals surface area contributed by atoms with Crippen molar-refractivity contribution >= 4 is 33.4 Å². The highest BCUT2D eigenvalue weighted by Crippen LogP contribution is 2.25. The van der Waals surface area contributed by atoms with Crippen LogP contribution in [0.25, 0.3) is 0 Å². The lowest BCUT2D eigenvalue weighted by Crippen LogP contribution is -2.41. The van der Waals surface area contributed by atoms with Crippen molar-refractivity contribution in [1.82, 2.24) is 5.32 Å². The first-order valence-corrected chi connectivity index (χ1v) is 7.14. The van der Waals surface area contributed by atoms with Crippen molar-refractivity contribution in [3.05, 3.63) is 34.9 Å². The molecule has 0 aliphatic carbocycles. The molecule has 0 aliphatic rings. The Morgan fingerprint density at radius 2 is 1.78 bits per heavy atom. The fourth-order valence-electron chi connectivity index (χ4n) is 1.62. The molecule has 2 nitrogen and oxygen atoms in total. The van der Waals surface area contributed by atoms with Crippen LogP contribution in [0.1, 0.15) is 39.3 Å². The maximum atomic E-state index is 12.0.